The minimum atomic E-state index is -1.19. The van der Waals surface area contributed by atoms with Gasteiger partial charge in [0.15, 0.2) is 0 Å². The number of aromatic carboxylic acids is 1. The molecule has 0 unspecified atom stereocenters. The number of para-hydroxylation sites is 1. The lowest BCUT2D eigenvalue weighted by Crippen LogP contribution is -2.35. The average Bonchev–Trinajstić information content (AvgIpc) is 2.51. The zero-order valence-electron chi connectivity index (χ0n) is 10.6. The molecule has 5 nitrogen and oxygen atoms in total. The molecule has 1 aromatic rings. The Kier molecular flexibility index (Phi) is 3.69. The fraction of sp³-hybridized carbons (Fsp3) is 0.385. The van der Waals surface area contributed by atoms with Crippen LogP contribution in [0.4, 0.5) is 10.1 Å². The van der Waals surface area contributed by atoms with Crippen molar-refractivity contribution in [3.8, 4) is 0 Å². The second kappa shape index (κ2) is 5.26. The first-order valence-corrected chi connectivity index (χ1v) is 6.01. The zero-order chi connectivity index (χ0) is 14.0. The van der Waals surface area contributed by atoms with Crippen molar-refractivity contribution >= 4 is 17.6 Å². The number of halogens is 1. The Morgan fingerprint density at radius 1 is 1.37 bits per heavy atom. The van der Waals surface area contributed by atoms with Crippen LogP contribution in [0, 0.1) is 5.82 Å². The van der Waals surface area contributed by atoms with Crippen LogP contribution in [-0.2, 0) is 4.79 Å². The predicted molar refractivity (Wildman–Crippen MR) is 67.8 cm³/mol. The van der Waals surface area contributed by atoms with Gasteiger partial charge in [0.05, 0.1) is 17.8 Å². The lowest BCUT2D eigenvalue weighted by atomic mass is 10.1. The molecule has 1 N–H and O–H groups in total. The van der Waals surface area contributed by atoms with Gasteiger partial charge in [-0.05, 0) is 18.6 Å². The van der Waals surface area contributed by atoms with Crippen LogP contribution in [-0.4, -0.2) is 48.6 Å². The minimum Gasteiger partial charge on any atom is -0.478 e. The molecule has 0 spiro atoms. The molecule has 1 heterocycles. The smallest absolute Gasteiger partial charge is 0.337 e. The molecular weight excluding hydrogens is 251 g/mol. The van der Waals surface area contributed by atoms with E-state index in [1.165, 1.54) is 23.1 Å². The third kappa shape index (κ3) is 2.67. The van der Waals surface area contributed by atoms with E-state index in [0.29, 0.717) is 19.5 Å². The van der Waals surface area contributed by atoms with Gasteiger partial charge in [0.1, 0.15) is 5.82 Å². The van der Waals surface area contributed by atoms with Crippen molar-refractivity contribution in [1.82, 2.24) is 4.90 Å². The molecule has 2 rings (SSSR count). The maximum absolute atomic E-state index is 13.9. The van der Waals surface area contributed by atoms with Crippen molar-refractivity contribution in [2.45, 2.75) is 6.42 Å². The molecule has 0 saturated carbocycles. The number of carboxylic acids is 1. The van der Waals surface area contributed by atoms with Gasteiger partial charge in [-0.25, -0.2) is 9.18 Å². The predicted octanol–water partition coefficient (Wildman–Crippen LogP) is 1.19. The van der Waals surface area contributed by atoms with Crippen LogP contribution in [0.3, 0.4) is 0 Å². The first kappa shape index (κ1) is 13.3. The van der Waals surface area contributed by atoms with E-state index in [-0.39, 0.29) is 23.7 Å². The molecule has 1 aromatic carbocycles. The fourth-order valence-electron chi connectivity index (χ4n) is 2.19. The molecule has 1 fully saturated rings. The molecule has 6 heteroatoms. The first-order chi connectivity index (χ1) is 9.00. The van der Waals surface area contributed by atoms with Gasteiger partial charge in [-0.15, -0.1) is 0 Å². The SMILES string of the molecule is CN1CCCN(c2c(F)cccc2C(=O)O)CC1=O. The van der Waals surface area contributed by atoms with Gasteiger partial charge in [0, 0.05) is 20.1 Å². The van der Waals surface area contributed by atoms with Crippen LogP contribution in [0.5, 0.6) is 0 Å². The van der Waals surface area contributed by atoms with Gasteiger partial charge < -0.3 is 14.9 Å². The number of carbonyl (C=O) groups excluding carboxylic acids is 1. The van der Waals surface area contributed by atoms with Crippen molar-refractivity contribution in [2.75, 3.05) is 31.6 Å². The summed E-state index contributed by atoms with van der Waals surface area (Å²) < 4.78 is 13.9. The second-order valence-electron chi connectivity index (χ2n) is 4.53. The number of carboxylic acid groups (broad SMARTS) is 1. The highest BCUT2D eigenvalue weighted by Gasteiger charge is 2.25. The van der Waals surface area contributed by atoms with Crippen molar-refractivity contribution in [1.29, 1.82) is 0 Å². The van der Waals surface area contributed by atoms with Crippen LogP contribution < -0.4 is 4.90 Å². The maximum Gasteiger partial charge on any atom is 0.337 e. The zero-order valence-corrected chi connectivity index (χ0v) is 10.6. The van der Waals surface area contributed by atoms with Crippen LogP contribution in [0.2, 0.25) is 0 Å². The van der Waals surface area contributed by atoms with E-state index < -0.39 is 11.8 Å². The fourth-order valence-corrected chi connectivity index (χ4v) is 2.19. The monoisotopic (exact) mass is 266 g/mol. The summed E-state index contributed by atoms with van der Waals surface area (Å²) in [5.41, 5.74) is -0.115. The Hall–Kier alpha value is -2.11. The number of rotatable bonds is 2. The summed E-state index contributed by atoms with van der Waals surface area (Å²) in [5, 5.41) is 9.12. The molecule has 102 valence electrons. The molecule has 0 aromatic heterocycles. The summed E-state index contributed by atoms with van der Waals surface area (Å²) in [6, 6.07) is 3.91. The van der Waals surface area contributed by atoms with Gasteiger partial charge in [0.2, 0.25) is 5.91 Å². The van der Waals surface area contributed by atoms with E-state index in [1.807, 2.05) is 0 Å². The molecule has 1 aliphatic heterocycles. The van der Waals surface area contributed by atoms with Crippen LogP contribution >= 0.6 is 0 Å². The molecular formula is C13H15FN2O3. The molecule has 19 heavy (non-hydrogen) atoms. The second-order valence-corrected chi connectivity index (χ2v) is 4.53. The maximum atomic E-state index is 13.9. The highest BCUT2D eigenvalue weighted by molar-refractivity contribution is 5.95. The largest absolute Gasteiger partial charge is 0.478 e. The Labute approximate surface area is 110 Å². The number of nitrogens with zero attached hydrogens (tertiary/aromatic N) is 2. The summed E-state index contributed by atoms with van der Waals surface area (Å²) >= 11 is 0. The van der Waals surface area contributed by atoms with Gasteiger partial charge in [0.25, 0.3) is 0 Å². The molecule has 1 amide bonds. The highest BCUT2D eigenvalue weighted by Crippen LogP contribution is 2.25. The Morgan fingerprint density at radius 3 is 2.79 bits per heavy atom. The Balaban J connectivity index is 2.40. The van der Waals surface area contributed by atoms with Crippen molar-refractivity contribution in [2.24, 2.45) is 0 Å². The standard InChI is InChI=1S/C13H15FN2O3/c1-15-6-3-7-16(8-11(15)17)12-9(13(18)19)4-2-5-10(12)14/h2,4-5H,3,6-8H2,1H3,(H,18,19). The van der Waals surface area contributed by atoms with Crippen molar-refractivity contribution in [3.05, 3.63) is 29.6 Å². The van der Waals surface area contributed by atoms with E-state index in [9.17, 15) is 14.0 Å². The summed E-state index contributed by atoms with van der Waals surface area (Å²) in [7, 11) is 1.69. The van der Waals surface area contributed by atoms with Gasteiger partial charge >= 0.3 is 5.97 Å². The summed E-state index contributed by atoms with van der Waals surface area (Å²) in [6.07, 6.45) is 0.676. The molecule has 0 atom stereocenters. The number of amides is 1. The van der Waals surface area contributed by atoms with Gasteiger partial charge in [-0.1, -0.05) is 6.07 Å². The lowest BCUT2D eigenvalue weighted by molar-refractivity contribution is -0.127. The van der Waals surface area contributed by atoms with Crippen LogP contribution in [0.25, 0.3) is 0 Å². The third-order valence-electron chi connectivity index (χ3n) is 3.21. The number of hydrogen-bond acceptors (Lipinski definition) is 3. The first-order valence-electron chi connectivity index (χ1n) is 6.01. The third-order valence-corrected chi connectivity index (χ3v) is 3.21. The summed E-state index contributed by atoms with van der Waals surface area (Å²) in [6.45, 7) is 1.04. The van der Waals surface area contributed by atoms with E-state index in [4.69, 9.17) is 5.11 Å². The summed E-state index contributed by atoms with van der Waals surface area (Å²) in [4.78, 5) is 26.0. The topological polar surface area (TPSA) is 60.9 Å². The van der Waals surface area contributed by atoms with Crippen molar-refractivity contribution < 1.29 is 19.1 Å². The number of hydrogen-bond donors (Lipinski definition) is 1. The normalized spacial score (nSPS) is 16.4. The lowest BCUT2D eigenvalue weighted by Gasteiger charge is -2.24. The summed E-state index contributed by atoms with van der Waals surface area (Å²) in [5.74, 6) is -1.95. The number of benzene rings is 1. The van der Waals surface area contributed by atoms with E-state index in [0.717, 1.165) is 0 Å². The van der Waals surface area contributed by atoms with E-state index >= 15 is 0 Å². The number of anilines is 1. The van der Waals surface area contributed by atoms with Gasteiger partial charge in [-0.3, -0.25) is 4.79 Å². The molecule has 0 aliphatic carbocycles. The average molecular weight is 266 g/mol. The Bertz CT molecular complexity index is 519. The molecule has 1 saturated heterocycles. The minimum absolute atomic E-state index is 0.00125. The number of likely N-dealkylation sites (N-methyl/N-ethyl adjacent to an activating group) is 1. The Morgan fingerprint density at radius 2 is 2.11 bits per heavy atom. The van der Waals surface area contributed by atoms with Crippen LogP contribution in [0.15, 0.2) is 18.2 Å². The molecule has 1 aliphatic rings. The van der Waals surface area contributed by atoms with Crippen molar-refractivity contribution in [3.63, 3.8) is 0 Å². The molecule has 0 radical (unpaired) electrons. The van der Waals surface area contributed by atoms with Gasteiger partial charge in [-0.2, -0.15) is 0 Å². The van der Waals surface area contributed by atoms with E-state index in [2.05, 4.69) is 0 Å². The highest BCUT2D eigenvalue weighted by atomic mass is 19.1. The quantitative estimate of drug-likeness (QED) is 0.873. The number of carbonyl (C=O) groups is 2. The van der Waals surface area contributed by atoms with E-state index in [1.54, 1.807) is 11.9 Å². The van der Waals surface area contributed by atoms with Crippen LogP contribution in [0.1, 0.15) is 16.8 Å². The molecule has 0 bridgehead atoms.